The number of aliphatic hydroxyl groups excluding tert-OH is 1. The lowest BCUT2D eigenvalue weighted by molar-refractivity contribution is 0.163. The number of benzene rings is 1. The van der Waals surface area contributed by atoms with E-state index in [9.17, 15) is 5.11 Å². The third-order valence-electron chi connectivity index (χ3n) is 3.23. The molecule has 0 aliphatic rings. The Kier molecular flexibility index (Phi) is 4.96. The maximum Gasteiger partial charge on any atom is 0.124 e. The van der Waals surface area contributed by atoms with Crippen LogP contribution in [0.15, 0.2) is 42.7 Å². The van der Waals surface area contributed by atoms with Crippen LogP contribution < -0.4 is 9.47 Å². The first-order valence-electron chi connectivity index (χ1n) is 6.53. The van der Waals surface area contributed by atoms with Crippen molar-refractivity contribution >= 4 is 0 Å². The molecule has 0 aliphatic carbocycles. The third kappa shape index (κ3) is 3.48. The molecule has 2 aromatic rings. The van der Waals surface area contributed by atoms with Crippen molar-refractivity contribution in [3.05, 3.63) is 53.9 Å². The zero-order valence-corrected chi connectivity index (χ0v) is 11.7. The van der Waals surface area contributed by atoms with Crippen LogP contribution in [0.25, 0.3) is 0 Å². The van der Waals surface area contributed by atoms with Crippen LogP contribution in [0.1, 0.15) is 23.7 Å². The van der Waals surface area contributed by atoms with Crippen molar-refractivity contribution in [1.82, 2.24) is 4.98 Å². The second-order valence-corrected chi connectivity index (χ2v) is 4.52. The van der Waals surface area contributed by atoms with E-state index in [1.165, 1.54) is 0 Å². The smallest absolute Gasteiger partial charge is 0.124 e. The SMILES string of the molecule is COc1ccc(OC)c(C(O)CCc2cccnc2)c1. The van der Waals surface area contributed by atoms with Gasteiger partial charge in [0.05, 0.1) is 20.3 Å². The van der Waals surface area contributed by atoms with Gasteiger partial charge in [0.15, 0.2) is 0 Å². The van der Waals surface area contributed by atoms with Crippen molar-refractivity contribution in [2.45, 2.75) is 18.9 Å². The Morgan fingerprint density at radius 2 is 2.05 bits per heavy atom. The van der Waals surface area contributed by atoms with Crippen molar-refractivity contribution in [1.29, 1.82) is 0 Å². The first kappa shape index (κ1) is 14.3. The zero-order valence-electron chi connectivity index (χ0n) is 11.7. The summed E-state index contributed by atoms with van der Waals surface area (Å²) in [5.41, 5.74) is 1.85. The normalized spacial score (nSPS) is 11.9. The van der Waals surface area contributed by atoms with Gasteiger partial charge in [-0.15, -0.1) is 0 Å². The molecule has 0 spiro atoms. The summed E-state index contributed by atoms with van der Waals surface area (Å²) in [5, 5.41) is 10.4. The highest BCUT2D eigenvalue weighted by Gasteiger charge is 2.14. The minimum atomic E-state index is -0.597. The number of hydrogen-bond acceptors (Lipinski definition) is 4. The van der Waals surface area contributed by atoms with Gasteiger partial charge in [-0.1, -0.05) is 6.07 Å². The molecule has 1 N–H and O–H groups in total. The third-order valence-corrected chi connectivity index (χ3v) is 3.23. The summed E-state index contributed by atoms with van der Waals surface area (Å²) in [6.45, 7) is 0. The number of aryl methyl sites for hydroxylation is 1. The Hall–Kier alpha value is -2.07. The van der Waals surface area contributed by atoms with Crippen LogP contribution >= 0.6 is 0 Å². The number of aliphatic hydroxyl groups is 1. The molecule has 4 nitrogen and oxygen atoms in total. The van der Waals surface area contributed by atoms with Gasteiger partial charge >= 0.3 is 0 Å². The second-order valence-electron chi connectivity index (χ2n) is 4.52. The Bertz CT molecular complexity index is 543. The molecular formula is C16H19NO3. The van der Waals surface area contributed by atoms with E-state index in [4.69, 9.17) is 9.47 Å². The van der Waals surface area contributed by atoms with Gasteiger partial charge in [0.25, 0.3) is 0 Å². The number of hydrogen-bond donors (Lipinski definition) is 1. The van der Waals surface area contributed by atoms with Gasteiger partial charge in [-0.2, -0.15) is 0 Å². The van der Waals surface area contributed by atoms with Gasteiger partial charge in [-0.05, 0) is 42.7 Å². The van der Waals surface area contributed by atoms with Gasteiger partial charge in [0.1, 0.15) is 11.5 Å². The molecule has 0 radical (unpaired) electrons. The lowest BCUT2D eigenvalue weighted by atomic mass is 10.0. The van der Waals surface area contributed by atoms with E-state index in [-0.39, 0.29) is 0 Å². The Morgan fingerprint density at radius 3 is 2.70 bits per heavy atom. The van der Waals surface area contributed by atoms with Crippen molar-refractivity contribution in [2.24, 2.45) is 0 Å². The molecular weight excluding hydrogens is 254 g/mol. The predicted molar refractivity (Wildman–Crippen MR) is 77.1 cm³/mol. The van der Waals surface area contributed by atoms with Gasteiger partial charge in [-0.25, -0.2) is 0 Å². The first-order valence-corrected chi connectivity index (χ1v) is 6.53. The Morgan fingerprint density at radius 1 is 1.20 bits per heavy atom. The van der Waals surface area contributed by atoms with Crippen molar-refractivity contribution in [3.63, 3.8) is 0 Å². The minimum absolute atomic E-state index is 0.597. The zero-order chi connectivity index (χ0) is 14.4. The number of pyridine rings is 1. The maximum absolute atomic E-state index is 10.4. The van der Waals surface area contributed by atoms with Crippen LogP contribution in [-0.4, -0.2) is 24.3 Å². The van der Waals surface area contributed by atoms with E-state index < -0.39 is 6.10 Å². The molecule has 20 heavy (non-hydrogen) atoms. The van der Waals surface area contributed by atoms with E-state index in [0.717, 1.165) is 17.5 Å². The van der Waals surface area contributed by atoms with Crippen molar-refractivity contribution in [3.8, 4) is 11.5 Å². The monoisotopic (exact) mass is 273 g/mol. The standard InChI is InChI=1S/C16H19NO3/c1-19-13-6-8-16(20-2)14(10-13)15(18)7-5-12-4-3-9-17-11-12/h3-4,6,8-11,15,18H,5,7H2,1-2H3. The molecule has 2 rings (SSSR count). The predicted octanol–water partition coefficient (Wildman–Crippen LogP) is 2.77. The highest BCUT2D eigenvalue weighted by atomic mass is 16.5. The summed E-state index contributed by atoms with van der Waals surface area (Å²) in [6, 6.07) is 9.33. The molecule has 0 aliphatic heterocycles. The molecule has 1 aromatic carbocycles. The largest absolute Gasteiger partial charge is 0.497 e. The van der Waals surface area contributed by atoms with Crippen LogP contribution in [0.3, 0.4) is 0 Å². The summed E-state index contributed by atoms with van der Waals surface area (Å²) < 4.78 is 10.5. The highest BCUT2D eigenvalue weighted by molar-refractivity contribution is 5.41. The summed E-state index contributed by atoms with van der Waals surface area (Å²) in [7, 11) is 3.20. The van der Waals surface area contributed by atoms with E-state index >= 15 is 0 Å². The molecule has 0 saturated carbocycles. The lowest BCUT2D eigenvalue weighted by Crippen LogP contribution is -2.03. The van der Waals surface area contributed by atoms with Crippen molar-refractivity contribution in [2.75, 3.05) is 14.2 Å². The van der Waals surface area contributed by atoms with Crippen LogP contribution in [-0.2, 0) is 6.42 Å². The highest BCUT2D eigenvalue weighted by Crippen LogP contribution is 2.31. The summed E-state index contributed by atoms with van der Waals surface area (Å²) in [5.74, 6) is 1.38. The van der Waals surface area contributed by atoms with Crippen LogP contribution in [0.5, 0.6) is 11.5 Å². The lowest BCUT2D eigenvalue weighted by Gasteiger charge is -2.16. The van der Waals surface area contributed by atoms with Crippen molar-refractivity contribution < 1.29 is 14.6 Å². The number of methoxy groups -OCH3 is 2. The quantitative estimate of drug-likeness (QED) is 0.879. The van der Waals surface area contributed by atoms with E-state index in [2.05, 4.69) is 4.98 Å². The molecule has 0 bridgehead atoms. The minimum Gasteiger partial charge on any atom is -0.497 e. The molecule has 1 unspecified atom stereocenters. The number of ether oxygens (including phenoxy) is 2. The van der Waals surface area contributed by atoms with Crippen LogP contribution in [0, 0.1) is 0 Å². The molecule has 4 heteroatoms. The van der Waals surface area contributed by atoms with E-state index in [1.807, 2.05) is 36.5 Å². The van der Waals surface area contributed by atoms with Gasteiger partial charge in [0, 0.05) is 18.0 Å². The summed E-state index contributed by atoms with van der Waals surface area (Å²) in [6.07, 6.45) is 4.32. The average molecular weight is 273 g/mol. The van der Waals surface area contributed by atoms with Gasteiger partial charge in [-0.3, -0.25) is 4.98 Å². The Balaban J connectivity index is 2.09. The molecule has 1 aromatic heterocycles. The van der Waals surface area contributed by atoms with Gasteiger partial charge in [0.2, 0.25) is 0 Å². The van der Waals surface area contributed by atoms with Crippen LogP contribution in [0.4, 0.5) is 0 Å². The van der Waals surface area contributed by atoms with Crippen LogP contribution in [0.2, 0.25) is 0 Å². The number of nitrogens with zero attached hydrogens (tertiary/aromatic N) is 1. The molecule has 1 heterocycles. The fourth-order valence-corrected chi connectivity index (χ4v) is 2.10. The molecule has 1 atom stereocenters. The molecule has 0 fully saturated rings. The molecule has 106 valence electrons. The fourth-order valence-electron chi connectivity index (χ4n) is 2.10. The summed E-state index contributed by atoms with van der Waals surface area (Å²) >= 11 is 0. The number of aromatic nitrogens is 1. The number of rotatable bonds is 6. The Labute approximate surface area is 119 Å². The summed E-state index contributed by atoms with van der Waals surface area (Å²) in [4.78, 5) is 4.07. The first-order chi connectivity index (χ1) is 9.74. The second kappa shape index (κ2) is 6.91. The van der Waals surface area contributed by atoms with E-state index in [1.54, 1.807) is 20.4 Å². The topological polar surface area (TPSA) is 51.6 Å². The average Bonchev–Trinajstić information content (AvgIpc) is 2.52. The molecule has 0 amide bonds. The maximum atomic E-state index is 10.4. The van der Waals surface area contributed by atoms with E-state index in [0.29, 0.717) is 17.9 Å². The fraction of sp³-hybridized carbons (Fsp3) is 0.312. The van der Waals surface area contributed by atoms with Gasteiger partial charge < -0.3 is 14.6 Å². The molecule has 0 saturated heterocycles.